The fourth-order valence-electron chi connectivity index (χ4n) is 3.89. The van der Waals surface area contributed by atoms with Crippen molar-refractivity contribution in [3.05, 3.63) is 66.9 Å². The molecule has 162 valence electrons. The van der Waals surface area contributed by atoms with E-state index in [1.165, 1.54) is 11.9 Å². The van der Waals surface area contributed by atoms with E-state index in [-0.39, 0.29) is 0 Å². The number of primary amides is 1. The van der Waals surface area contributed by atoms with Crippen LogP contribution in [0.5, 0.6) is 0 Å². The summed E-state index contributed by atoms with van der Waals surface area (Å²) in [6.07, 6.45) is 8.43. The summed E-state index contributed by atoms with van der Waals surface area (Å²) in [6.45, 7) is 4.22. The Morgan fingerprint density at radius 3 is 2.56 bits per heavy atom. The summed E-state index contributed by atoms with van der Waals surface area (Å²) < 4.78 is 1.91. The molecule has 0 atom stereocenters. The molecule has 0 unspecified atom stereocenters. The van der Waals surface area contributed by atoms with Crippen molar-refractivity contribution >= 4 is 28.7 Å². The van der Waals surface area contributed by atoms with Gasteiger partial charge < -0.3 is 20.9 Å². The first-order valence-electron chi connectivity index (χ1n) is 10.5. The SMILES string of the molecule is CN1CCN(c2ccc(Nc3ncc(-c4cncc(C(N)=O)c4)n4ccnc34)cc2)CC1. The van der Waals surface area contributed by atoms with Crippen LogP contribution in [-0.2, 0) is 0 Å². The van der Waals surface area contributed by atoms with Crippen molar-refractivity contribution in [1.82, 2.24) is 24.3 Å². The van der Waals surface area contributed by atoms with Crippen molar-refractivity contribution in [3.63, 3.8) is 0 Å². The van der Waals surface area contributed by atoms with Gasteiger partial charge in [-0.05, 0) is 37.4 Å². The van der Waals surface area contributed by atoms with Crippen LogP contribution in [-0.4, -0.2) is 63.4 Å². The third-order valence-corrected chi connectivity index (χ3v) is 5.75. The fraction of sp³-hybridized carbons (Fsp3) is 0.217. The minimum Gasteiger partial charge on any atom is -0.369 e. The van der Waals surface area contributed by atoms with E-state index in [2.05, 4.69) is 61.4 Å². The van der Waals surface area contributed by atoms with Gasteiger partial charge >= 0.3 is 0 Å². The summed E-state index contributed by atoms with van der Waals surface area (Å²) in [5, 5.41) is 3.37. The molecule has 5 rings (SSSR count). The van der Waals surface area contributed by atoms with Crippen LogP contribution in [0.3, 0.4) is 0 Å². The maximum Gasteiger partial charge on any atom is 0.250 e. The highest BCUT2D eigenvalue weighted by Gasteiger charge is 2.15. The lowest BCUT2D eigenvalue weighted by atomic mass is 10.1. The van der Waals surface area contributed by atoms with Gasteiger partial charge in [-0.25, -0.2) is 9.97 Å². The molecule has 32 heavy (non-hydrogen) atoms. The molecule has 3 N–H and O–H groups in total. The second kappa shape index (κ2) is 8.27. The molecule has 0 spiro atoms. The first kappa shape index (κ1) is 20.0. The Labute approximate surface area is 185 Å². The van der Waals surface area contributed by atoms with Crippen molar-refractivity contribution < 1.29 is 4.79 Å². The number of pyridine rings is 1. The number of amides is 1. The van der Waals surface area contributed by atoms with Crippen LogP contribution >= 0.6 is 0 Å². The summed E-state index contributed by atoms with van der Waals surface area (Å²) in [4.78, 5) is 29.5. The van der Waals surface area contributed by atoms with Crippen molar-refractivity contribution in [1.29, 1.82) is 0 Å². The lowest BCUT2D eigenvalue weighted by Gasteiger charge is -2.34. The Morgan fingerprint density at radius 2 is 1.81 bits per heavy atom. The van der Waals surface area contributed by atoms with E-state index in [1.807, 2.05) is 10.6 Å². The van der Waals surface area contributed by atoms with E-state index < -0.39 is 5.91 Å². The zero-order valence-electron chi connectivity index (χ0n) is 17.8. The number of piperazine rings is 1. The maximum absolute atomic E-state index is 11.5. The fourth-order valence-corrected chi connectivity index (χ4v) is 3.89. The molecular weight excluding hydrogens is 404 g/mol. The first-order chi connectivity index (χ1) is 15.6. The number of aromatic nitrogens is 4. The first-order valence-corrected chi connectivity index (χ1v) is 10.5. The molecule has 0 radical (unpaired) electrons. The second-order valence-electron chi connectivity index (χ2n) is 7.90. The van der Waals surface area contributed by atoms with Gasteiger partial charge in [0.1, 0.15) is 0 Å². The second-order valence-corrected chi connectivity index (χ2v) is 7.90. The molecule has 4 heterocycles. The smallest absolute Gasteiger partial charge is 0.250 e. The van der Waals surface area contributed by atoms with Gasteiger partial charge in [-0.1, -0.05) is 0 Å². The molecular formula is C23H24N8O. The Morgan fingerprint density at radius 1 is 1.03 bits per heavy atom. The molecule has 0 saturated carbocycles. The highest BCUT2D eigenvalue weighted by Crippen LogP contribution is 2.26. The zero-order valence-corrected chi connectivity index (χ0v) is 17.8. The van der Waals surface area contributed by atoms with Gasteiger partial charge in [0, 0.05) is 67.9 Å². The Balaban J connectivity index is 1.40. The molecule has 3 aromatic heterocycles. The molecule has 9 heteroatoms. The number of rotatable bonds is 5. The summed E-state index contributed by atoms with van der Waals surface area (Å²) in [5.41, 5.74) is 10.1. The van der Waals surface area contributed by atoms with Gasteiger partial charge in [0.25, 0.3) is 0 Å². The number of anilines is 3. The zero-order chi connectivity index (χ0) is 22.1. The van der Waals surface area contributed by atoms with Crippen LogP contribution in [0.1, 0.15) is 10.4 Å². The molecule has 4 aromatic rings. The topological polar surface area (TPSA) is 105 Å². The maximum atomic E-state index is 11.5. The van der Waals surface area contributed by atoms with Crippen molar-refractivity contribution in [2.24, 2.45) is 5.73 Å². The van der Waals surface area contributed by atoms with E-state index in [1.54, 1.807) is 24.7 Å². The number of carbonyl (C=O) groups excluding carboxylic acids is 1. The standard InChI is InChI=1S/C23H24N8O/c1-29-8-10-30(11-9-29)19-4-2-18(3-5-19)28-22-23-26-6-7-31(23)20(15-27-22)16-12-17(21(24)32)14-25-13-16/h2-7,12-15H,8-11H2,1H3,(H2,24,32)(H,27,28). The number of hydrogen-bond donors (Lipinski definition) is 2. The minimum absolute atomic E-state index is 0.346. The van der Waals surface area contributed by atoms with Gasteiger partial charge in [-0.15, -0.1) is 0 Å². The lowest BCUT2D eigenvalue weighted by Crippen LogP contribution is -2.44. The van der Waals surface area contributed by atoms with Gasteiger partial charge in [0.2, 0.25) is 5.91 Å². The Kier molecular flexibility index (Phi) is 5.16. The summed E-state index contributed by atoms with van der Waals surface area (Å²) >= 11 is 0. The predicted molar refractivity (Wildman–Crippen MR) is 124 cm³/mol. The summed E-state index contributed by atoms with van der Waals surface area (Å²) in [7, 11) is 2.16. The number of benzene rings is 1. The van der Waals surface area contributed by atoms with Crippen LogP contribution in [0.4, 0.5) is 17.2 Å². The molecule has 1 fully saturated rings. The number of hydrogen-bond acceptors (Lipinski definition) is 7. The van der Waals surface area contributed by atoms with Crippen LogP contribution in [0.2, 0.25) is 0 Å². The van der Waals surface area contributed by atoms with Crippen LogP contribution in [0.15, 0.2) is 61.3 Å². The van der Waals surface area contributed by atoms with E-state index in [0.29, 0.717) is 17.0 Å². The average molecular weight is 429 g/mol. The van der Waals surface area contributed by atoms with Gasteiger partial charge in [0.15, 0.2) is 11.5 Å². The molecule has 1 saturated heterocycles. The molecule has 1 amide bonds. The third kappa shape index (κ3) is 3.85. The number of nitrogens with one attached hydrogen (secondary N) is 1. The number of likely N-dealkylation sites (N-methyl/N-ethyl adjacent to an activating group) is 1. The Hall–Kier alpha value is -3.98. The number of nitrogens with two attached hydrogens (primary N) is 1. The van der Waals surface area contributed by atoms with E-state index in [9.17, 15) is 4.79 Å². The predicted octanol–water partition coefficient (Wildman–Crippen LogP) is 2.39. The number of carbonyl (C=O) groups is 1. The van der Waals surface area contributed by atoms with E-state index in [4.69, 9.17) is 5.73 Å². The summed E-state index contributed by atoms with van der Waals surface area (Å²) in [6, 6.07) is 10.1. The molecule has 1 aromatic carbocycles. The largest absolute Gasteiger partial charge is 0.369 e. The Bertz CT molecular complexity index is 1260. The van der Waals surface area contributed by atoms with Crippen LogP contribution in [0.25, 0.3) is 16.9 Å². The monoisotopic (exact) mass is 428 g/mol. The van der Waals surface area contributed by atoms with Gasteiger partial charge in [-0.3, -0.25) is 14.2 Å². The average Bonchev–Trinajstić information content (AvgIpc) is 3.31. The van der Waals surface area contributed by atoms with Crippen LogP contribution < -0.4 is 16.0 Å². The highest BCUT2D eigenvalue weighted by atomic mass is 16.1. The quantitative estimate of drug-likeness (QED) is 0.503. The number of imidazole rings is 1. The molecule has 0 aliphatic carbocycles. The van der Waals surface area contributed by atoms with E-state index in [0.717, 1.165) is 43.1 Å². The van der Waals surface area contributed by atoms with Gasteiger partial charge in [0.05, 0.1) is 17.5 Å². The number of nitrogens with zero attached hydrogens (tertiary/aromatic N) is 6. The van der Waals surface area contributed by atoms with Crippen molar-refractivity contribution in [2.45, 2.75) is 0 Å². The van der Waals surface area contributed by atoms with Crippen LogP contribution in [0, 0.1) is 0 Å². The summed E-state index contributed by atoms with van der Waals surface area (Å²) in [5.74, 6) is 0.123. The third-order valence-electron chi connectivity index (χ3n) is 5.75. The van der Waals surface area contributed by atoms with Gasteiger partial charge in [-0.2, -0.15) is 0 Å². The van der Waals surface area contributed by atoms with E-state index >= 15 is 0 Å². The minimum atomic E-state index is -0.521. The highest BCUT2D eigenvalue weighted by molar-refractivity contribution is 5.93. The molecule has 1 aliphatic rings. The lowest BCUT2D eigenvalue weighted by molar-refractivity contribution is 0.1000. The molecule has 0 bridgehead atoms. The molecule has 9 nitrogen and oxygen atoms in total. The normalized spacial score (nSPS) is 14.6. The molecule has 1 aliphatic heterocycles. The number of fused-ring (bicyclic) bond motifs is 1. The van der Waals surface area contributed by atoms with Crippen molar-refractivity contribution in [2.75, 3.05) is 43.4 Å². The van der Waals surface area contributed by atoms with Crippen molar-refractivity contribution in [3.8, 4) is 11.3 Å².